The van der Waals surface area contributed by atoms with Crippen molar-refractivity contribution >= 4 is 23.4 Å². The standard InChI is InChI=1S/C17H21N3O4/c1-10-6-5-7-11(15(10)18)16(22)23-9-13(21)19-14-8-12(20-24-14)17(2,3)4/h5-8H,9,18H2,1-4H3,(H,19,21). The fraction of sp³-hybridized carbons (Fsp3) is 0.353. The van der Waals surface area contributed by atoms with E-state index in [2.05, 4.69) is 10.5 Å². The van der Waals surface area contributed by atoms with Gasteiger partial charge in [0.25, 0.3) is 5.91 Å². The van der Waals surface area contributed by atoms with Crippen LogP contribution < -0.4 is 11.1 Å². The molecule has 0 bridgehead atoms. The first kappa shape index (κ1) is 17.5. The van der Waals surface area contributed by atoms with Crippen molar-refractivity contribution in [1.82, 2.24) is 5.16 Å². The van der Waals surface area contributed by atoms with Gasteiger partial charge < -0.3 is 15.0 Å². The molecule has 0 aliphatic heterocycles. The molecule has 0 unspecified atom stereocenters. The number of ether oxygens (including phenoxy) is 1. The molecule has 1 aromatic carbocycles. The molecule has 2 rings (SSSR count). The van der Waals surface area contributed by atoms with E-state index in [4.69, 9.17) is 15.0 Å². The number of aromatic nitrogens is 1. The second kappa shape index (κ2) is 6.74. The molecule has 1 amide bonds. The lowest BCUT2D eigenvalue weighted by atomic mass is 9.92. The second-order valence-electron chi connectivity index (χ2n) is 6.49. The van der Waals surface area contributed by atoms with Crippen LogP contribution in [0.25, 0.3) is 0 Å². The molecule has 2 aromatic rings. The molecule has 0 spiro atoms. The van der Waals surface area contributed by atoms with E-state index >= 15 is 0 Å². The van der Waals surface area contributed by atoms with Crippen LogP contribution in [0.3, 0.4) is 0 Å². The molecular weight excluding hydrogens is 310 g/mol. The van der Waals surface area contributed by atoms with Crippen LogP contribution in [0.5, 0.6) is 0 Å². The number of anilines is 2. The minimum absolute atomic E-state index is 0.193. The van der Waals surface area contributed by atoms with Crippen LogP contribution in [0.1, 0.15) is 42.4 Å². The van der Waals surface area contributed by atoms with E-state index in [1.54, 1.807) is 31.2 Å². The first-order chi connectivity index (χ1) is 11.2. The van der Waals surface area contributed by atoms with E-state index in [9.17, 15) is 9.59 Å². The number of nitrogens with one attached hydrogen (secondary N) is 1. The summed E-state index contributed by atoms with van der Waals surface area (Å²) < 4.78 is 10.0. The minimum atomic E-state index is -0.653. The summed E-state index contributed by atoms with van der Waals surface area (Å²) in [5.41, 5.74) is 7.69. The molecule has 1 heterocycles. The van der Waals surface area contributed by atoms with Crippen molar-refractivity contribution in [2.45, 2.75) is 33.1 Å². The average Bonchev–Trinajstić information content (AvgIpc) is 2.96. The number of rotatable bonds is 4. The lowest BCUT2D eigenvalue weighted by Crippen LogP contribution is -2.21. The lowest BCUT2D eigenvalue weighted by molar-refractivity contribution is -0.119. The zero-order valence-corrected chi connectivity index (χ0v) is 14.2. The quantitative estimate of drug-likeness (QED) is 0.659. The van der Waals surface area contributed by atoms with Crippen LogP contribution >= 0.6 is 0 Å². The van der Waals surface area contributed by atoms with Gasteiger partial charge in [-0.2, -0.15) is 0 Å². The van der Waals surface area contributed by atoms with Gasteiger partial charge in [0.1, 0.15) is 0 Å². The Labute approximate surface area is 140 Å². The van der Waals surface area contributed by atoms with Crippen molar-refractivity contribution < 1.29 is 18.8 Å². The van der Waals surface area contributed by atoms with Crippen LogP contribution in [0, 0.1) is 6.92 Å². The van der Waals surface area contributed by atoms with Crippen LogP contribution in [0.2, 0.25) is 0 Å². The Morgan fingerprint density at radius 2 is 2.04 bits per heavy atom. The number of carbonyl (C=O) groups excluding carboxylic acids is 2. The van der Waals surface area contributed by atoms with E-state index in [0.29, 0.717) is 11.4 Å². The molecule has 128 valence electrons. The number of esters is 1. The summed E-state index contributed by atoms with van der Waals surface area (Å²) in [6, 6.07) is 6.67. The van der Waals surface area contributed by atoms with Crippen LogP contribution in [-0.4, -0.2) is 23.6 Å². The van der Waals surface area contributed by atoms with Gasteiger partial charge >= 0.3 is 5.97 Å². The smallest absolute Gasteiger partial charge is 0.340 e. The highest BCUT2D eigenvalue weighted by molar-refractivity contribution is 5.98. The van der Waals surface area contributed by atoms with Gasteiger partial charge in [0.15, 0.2) is 6.61 Å². The molecule has 0 saturated heterocycles. The van der Waals surface area contributed by atoms with E-state index in [1.807, 2.05) is 20.8 Å². The maximum absolute atomic E-state index is 12.0. The topological polar surface area (TPSA) is 107 Å². The predicted octanol–water partition coefficient (Wildman–Crippen LogP) is 2.66. The summed E-state index contributed by atoms with van der Waals surface area (Å²) in [6.07, 6.45) is 0. The van der Waals surface area contributed by atoms with E-state index < -0.39 is 18.5 Å². The Balaban J connectivity index is 1.92. The molecular formula is C17H21N3O4. The van der Waals surface area contributed by atoms with Gasteiger partial charge in [-0.25, -0.2) is 4.79 Å². The third-order valence-corrected chi connectivity index (χ3v) is 3.42. The summed E-state index contributed by atoms with van der Waals surface area (Å²) in [7, 11) is 0. The molecule has 0 atom stereocenters. The highest BCUT2D eigenvalue weighted by atomic mass is 16.5. The van der Waals surface area contributed by atoms with Crippen molar-refractivity contribution in [2.24, 2.45) is 0 Å². The minimum Gasteiger partial charge on any atom is -0.452 e. The number of aryl methyl sites for hydroxylation is 1. The zero-order chi connectivity index (χ0) is 17.9. The van der Waals surface area contributed by atoms with Crippen LogP contribution in [-0.2, 0) is 14.9 Å². The summed E-state index contributed by atoms with van der Waals surface area (Å²) >= 11 is 0. The monoisotopic (exact) mass is 331 g/mol. The summed E-state index contributed by atoms with van der Waals surface area (Å²) in [6.45, 7) is 7.27. The number of carbonyl (C=O) groups is 2. The molecule has 3 N–H and O–H groups in total. The molecule has 1 aromatic heterocycles. The summed E-state index contributed by atoms with van der Waals surface area (Å²) in [4.78, 5) is 23.8. The van der Waals surface area contributed by atoms with Crippen molar-refractivity contribution in [3.63, 3.8) is 0 Å². The van der Waals surface area contributed by atoms with Gasteiger partial charge in [0.05, 0.1) is 11.3 Å². The van der Waals surface area contributed by atoms with Gasteiger partial charge in [-0.15, -0.1) is 0 Å². The zero-order valence-electron chi connectivity index (χ0n) is 14.2. The van der Waals surface area contributed by atoms with Gasteiger partial charge in [0.2, 0.25) is 5.88 Å². The highest BCUT2D eigenvalue weighted by Gasteiger charge is 2.20. The highest BCUT2D eigenvalue weighted by Crippen LogP contribution is 2.23. The second-order valence-corrected chi connectivity index (χ2v) is 6.49. The normalized spacial score (nSPS) is 11.2. The van der Waals surface area contributed by atoms with Crippen molar-refractivity contribution in [1.29, 1.82) is 0 Å². The van der Waals surface area contributed by atoms with E-state index in [0.717, 1.165) is 5.56 Å². The number of hydrogen-bond acceptors (Lipinski definition) is 6. The molecule has 0 fully saturated rings. The van der Waals surface area contributed by atoms with Crippen LogP contribution in [0.4, 0.5) is 11.6 Å². The van der Waals surface area contributed by atoms with Crippen molar-refractivity contribution in [3.05, 3.63) is 41.1 Å². The van der Waals surface area contributed by atoms with Crippen molar-refractivity contribution in [2.75, 3.05) is 17.7 Å². The van der Waals surface area contributed by atoms with Gasteiger partial charge in [-0.3, -0.25) is 10.1 Å². The number of nitrogens with two attached hydrogens (primary N) is 1. The van der Waals surface area contributed by atoms with Gasteiger partial charge in [-0.1, -0.05) is 38.1 Å². The maximum atomic E-state index is 12.0. The Morgan fingerprint density at radius 3 is 2.67 bits per heavy atom. The SMILES string of the molecule is Cc1cccc(C(=O)OCC(=O)Nc2cc(C(C)(C)C)no2)c1N. The average molecular weight is 331 g/mol. The Bertz CT molecular complexity index is 759. The molecule has 0 saturated carbocycles. The van der Waals surface area contributed by atoms with Gasteiger partial charge in [-0.05, 0) is 18.6 Å². The lowest BCUT2D eigenvalue weighted by Gasteiger charge is -2.12. The number of benzene rings is 1. The molecule has 0 aliphatic rings. The largest absolute Gasteiger partial charge is 0.452 e. The van der Waals surface area contributed by atoms with Crippen LogP contribution in [0.15, 0.2) is 28.8 Å². The molecule has 0 aliphatic carbocycles. The van der Waals surface area contributed by atoms with E-state index in [-0.39, 0.29) is 16.9 Å². The summed E-state index contributed by atoms with van der Waals surface area (Å²) in [5.74, 6) is -0.971. The first-order valence-electron chi connectivity index (χ1n) is 7.47. The molecule has 24 heavy (non-hydrogen) atoms. The first-order valence-corrected chi connectivity index (χ1v) is 7.47. The number of nitrogen functional groups attached to an aromatic ring is 1. The van der Waals surface area contributed by atoms with Crippen molar-refractivity contribution in [3.8, 4) is 0 Å². The maximum Gasteiger partial charge on any atom is 0.340 e. The predicted molar refractivity (Wildman–Crippen MR) is 89.7 cm³/mol. The third kappa shape index (κ3) is 4.13. The Kier molecular flexibility index (Phi) is 4.92. The molecule has 0 radical (unpaired) electrons. The number of para-hydroxylation sites is 1. The number of hydrogen-bond donors (Lipinski definition) is 2. The Hall–Kier alpha value is -2.83. The fourth-order valence-corrected chi connectivity index (χ4v) is 1.93. The summed E-state index contributed by atoms with van der Waals surface area (Å²) in [5, 5.41) is 6.38. The number of amides is 1. The number of nitrogens with zero attached hydrogens (tertiary/aromatic N) is 1. The Morgan fingerprint density at radius 1 is 1.33 bits per heavy atom. The fourth-order valence-electron chi connectivity index (χ4n) is 1.93. The third-order valence-electron chi connectivity index (χ3n) is 3.42. The van der Waals surface area contributed by atoms with Gasteiger partial charge in [0, 0.05) is 17.2 Å². The molecule has 7 heteroatoms. The molecule has 7 nitrogen and oxygen atoms in total. The van der Waals surface area contributed by atoms with E-state index in [1.165, 1.54) is 0 Å².